The predicted octanol–water partition coefficient (Wildman–Crippen LogP) is 5.00. The van der Waals surface area contributed by atoms with Crippen LogP contribution in [-0.4, -0.2) is 12.4 Å². The number of hydrogen-bond donors (Lipinski definition) is 0. The first-order valence-electron chi connectivity index (χ1n) is 7.03. The normalized spacial score (nSPS) is 12.4. The SMILES string of the molecule is CCc1ccc(/C=N/N=C/c2cc(F)c(C(F)(F)F)c(F)c2)cc1. The quantitative estimate of drug-likeness (QED) is 0.425. The van der Waals surface area contributed by atoms with Gasteiger partial charge in [-0.15, -0.1) is 0 Å². The van der Waals surface area contributed by atoms with Crippen molar-refractivity contribution in [3.63, 3.8) is 0 Å². The number of aryl methyl sites for hydroxylation is 1. The number of benzene rings is 2. The standard InChI is InChI=1S/C17H13F5N2/c1-2-11-3-5-12(6-4-11)9-23-24-10-13-7-14(18)16(15(19)8-13)17(20,21)22/h3-10H,2H2,1H3/b23-9+,24-10+. The minimum atomic E-state index is -5.09. The lowest BCUT2D eigenvalue weighted by molar-refractivity contribution is -0.142. The number of nitrogens with zero attached hydrogens (tertiary/aromatic N) is 2. The van der Waals surface area contributed by atoms with E-state index in [4.69, 9.17) is 0 Å². The first-order chi connectivity index (χ1) is 11.3. The molecule has 0 heterocycles. The number of hydrogen-bond acceptors (Lipinski definition) is 2. The largest absolute Gasteiger partial charge is 0.422 e. The van der Waals surface area contributed by atoms with E-state index in [2.05, 4.69) is 10.2 Å². The smallest absolute Gasteiger partial charge is 0.206 e. The second-order valence-electron chi connectivity index (χ2n) is 4.94. The van der Waals surface area contributed by atoms with Crippen molar-refractivity contribution < 1.29 is 22.0 Å². The first kappa shape index (κ1) is 17.8. The van der Waals surface area contributed by atoms with Crippen molar-refractivity contribution in [1.82, 2.24) is 0 Å². The minimum Gasteiger partial charge on any atom is -0.206 e. The van der Waals surface area contributed by atoms with Crippen LogP contribution in [0.4, 0.5) is 22.0 Å². The summed E-state index contributed by atoms with van der Waals surface area (Å²) >= 11 is 0. The molecule has 2 nitrogen and oxygen atoms in total. The van der Waals surface area contributed by atoms with Crippen LogP contribution in [0.5, 0.6) is 0 Å². The molecular weight excluding hydrogens is 327 g/mol. The van der Waals surface area contributed by atoms with Crippen molar-refractivity contribution in [1.29, 1.82) is 0 Å². The Kier molecular flexibility index (Phi) is 5.43. The summed E-state index contributed by atoms with van der Waals surface area (Å²) < 4.78 is 64.1. The van der Waals surface area contributed by atoms with E-state index < -0.39 is 23.4 Å². The van der Waals surface area contributed by atoms with E-state index >= 15 is 0 Å². The molecule has 0 aliphatic carbocycles. The van der Waals surface area contributed by atoms with Gasteiger partial charge in [0.15, 0.2) is 0 Å². The molecule has 24 heavy (non-hydrogen) atoms. The van der Waals surface area contributed by atoms with Crippen LogP contribution in [0.3, 0.4) is 0 Å². The Bertz CT molecular complexity index is 739. The Morgan fingerprint density at radius 2 is 1.38 bits per heavy atom. The van der Waals surface area contributed by atoms with Crippen LogP contribution in [0.25, 0.3) is 0 Å². The third kappa shape index (κ3) is 4.47. The molecule has 2 rings (SSSR count). The number of alkyl halides is 3. The van der Waals surface area contributed by atoms with Gasteiger partial charge in [0.1, 0.15) is 17.2 Å². The summed E-state index contributed by atoms with van der Waals surface area (Å²) in [7, 11) is 0. The predicted molar refractivity (Wildman–Crippen MR) is 82.4 cm³/mol. The van der Waals surface area contributed by atoms with E-state index in [0.717, 1.165) is 23.8 Å². The zero-order valence-corrected chi connectivity index (χ0v) is 12.6. The Balaban J connectivity index is 2.13. The van der Waals surface area contributed by atoms with Crippen LogP contribution in [0.2, 0.25) is 0 Å². The van der Waals surface area contributed by atoms with Gasteiger partial charge in [-0.25, -0.2) is 8.78 Å². The molecule has 0 fully saturated rings. The molecule has 0 amide bonds. The van der Waals surface area contributed by atoms with Gasteiger partial charge in [0.2, 0.25) is 0 Å². The Hall–Kier alpha value is -2.57. The lowest BCUT2D eigenvalue weighted by Gasteiger charge is -2.09. The van der Waals surface area contributed by atoms with Crippen LogP contribution in [0.1, 0.15) is 29.2 Å². The van der Waals surface area contributed by atoms with E-state index in [1.165, 1.54) is 6.21 Å². The van der Waals surface area contributed by atoms with E-state index in [9.17, 15) is 22.0 Å². The Morgan fingerprint density at radius 3 is 1.83 bits per heavy atom. The zero-order valence-electron chi connectivity index (χ0n) is 12.6. The molecule has 0 saturated heterocycles. The summed E-state index contributed by atoms with van der Waals surface area (Å²) in [4.78, 5) is 0. The van der Waals surface area contributed by atoms with Gasteiger partial charge in [0.25, 0.3) is 0 Å². The molecule has 126 valence electrons. The zero-order chi connectivity index (χ0) is 17.7. The van der Waals surface area contributed by atoms with Crippen LogP contribution < -0.4 is 0 Å². The maximum absolute atomic E-state index is 13.4. The van der Waals surface area contributed by atoms with Gasteiger partial charge in [0.05, 0.1) is 12.4 Å². The number of halogens is 5. The third-order valence-electron chi connectivity index (χ3n) is 3.22. The monoisotopic (exact) mass is 340 g/mol. The molecule has 0 N–H and O–H groups in total. The lowest BCUT2D eigenvalue weighted by Crippen LogP contribution is -2.11. The maximum Gasteiger partial charge on any atom is 0.422 e. The van der Waals surface area contributed by atoms with Crippen LogP contribution >= 0.6 is 0 Å². The molecule has 0 unspecified atom stereocenters. The summed E-state index contributed by atoms with van der Waals surface area (Å²) in [6.07, 6.45) is -1.79. The van der Waals surface area contributed by atoms with Gasteiger partial charge in [-0.05, 0) is 29.7 Å². The molecule has 0 atom stereocenters. The molecule has 0 spiro atoms. The lowest BCUT2D eigenvalue weighted by atomic mass is 10.1. The summed E-state index contributed by atoms with van der Waals surface area (Å²) in [5.41, 5.74) is -0.142. The van der Waals surface area contributed by atoms with Crippen LogP contribution in [0.15, 0.2) is 46.6 Å². The molecule has 0 aliphatic heterocycles. The van der Waals surface area contributed by atoms with Crippen molar-refractivity contribution >= 4 is 12.4 Å². The fourth-order valence-corrected chi connectivity index (χ4v) is 1.98. The van der Waals surface area contributed by atoms with Gasteiger partial charge >= 0.3 is 6.18 Å². The molecule has 0 aromatic heterocycles. The van der Waals surface area contributed by atoms with Gasteiger partial charge < -0.3 is 0 Å². The molecule has 0 aliphatic rings. The topological polar surface area (TPSA) is 24.7 Å². The highest BCUT2D eigenvalue weighted by atomic mass is 19.4. The van der Waals surface area contributed by atoms with Gasteiger partial charge in [-0.3, -0.25) is 0 Å². The average molecular weight is 340 g/mol. The first-order valence-corrected chi connectivity index (χ1v) is 7.03. The summed E-state index contributed by atoms with van der Waals surface area (Å²) in [6.45, 7) is 2.02. The van der Waals surface area contributed by atoms with Gasteiger partial charge in [0, 0.05) is 5.56 Å². The molecule has 0 radical (unpaired) electrons. The number of rotatable bonds is 4. The third-order valence-corrected chi connectivity index (χ3v) is 3.22. The van der Waals surface area contributed by atoms with Gasteiger partial charge in [-0.1, -0.05) is 31.2 Å². The maximum atomic E-state index is 13.4. The van der Waals surface area contributed by atoms with E-state index in [0.29, 0.717) is 12.1 Å². The molecular formula is C17H13F5N2. The van der Waals surface area contributed by atoms with Crippen LogP contribution in [0, 0.1) is 11.6 Å². The summed E-state index contributed by atoms with van der Waals surface area (Å²) in [5, 5.41) is 7.28. The van der Waals surface area contributed by atoms with E-state index in [1.54, 1.807) is 0 Å². The summed E-state index contributed by atoms with van der Waals surface area (Å²) in [5.74, 6) is -3.38. The van der Waals surface area contributed by atoms with Gasteiger partial charge in [-0.2, -0.15) is 23.4 Å². The van der Waals surface area contributed by atoms with Crippen molar-refractivity contribution in [3.8, 4) is 0 Å². The fraction of sp³-hybridized carbons (Fsp3) is 0.176. The minimum absolute atomic E-state index is 0.156. The Morgan fingerprint density at radius 1 is 0.875 bits per heavy atom. The molecule has 7 heteroatoms. The van der Waals surface area contributed by atoms with E-state index in [-0.39, 0.29) is 5.56 Å². The van der Waals surface area contributed by atoms with Crippen LogP contribution in [-0.2, 0) is 12.6 Å². The molecule has 0 bridgehead atoms. The highest BCUT2D eigenvalue weighted by Gasteiger charge is 2.37. The van der Waals surface area contributed by atoms with E-state index in [1.807, 2.05) is 31.2 Å². The van der Waals surface area contributed by atoms with Crippen molar-refractivity contribution in [2.45, 2.75) is 19.5 Å². The highest BCUT2D eigenvalue weighted by Crippen LogP contribution is 2.33. The summed E-state index contributed by atoms with van der Waals surface area (Å²) in [6, 6.07) is 8.62. The van der Waals surface area contributed by atoms with Crippen molar-refractivity contribution in [3.05, 3.63) is 70.3 Å². The van der Waals surface area contributed by atoms with Crippen molar-refractivity contribution in [2.75, 3.05) is 0 Å². The van der Waals surface area contributed by atoms with Crippen molar-refractivity contribution in [2.24, 2.45) is 10.2 Å². The second kappa shape index (κ2) is 7.33. The second-order valence-corrected chi connectivity index (χ2v) is 4.94. The average Bonchev–Trinajstić information content (AvgIpc) is 2.50. The highest BCUT2D eigenvalue weighted by molar-refractivity contribution is 5.82. The Labute approximate surface area is 135 Å². The molecule has 0 saturated carbocycles. The molecule has 2 aromatic carbocycles. The fourth-order valence-electron chi connectivity index (χ4n) is 1.98. The molecule has 2 aromatic rings.